The van der Waals surface area contributed by atoms with Crippen LogP contribution in [0.3, 0.4) is 0 Å². The Morgan fingerprint density at radius 1 is 1.12 bits per heavy atom. The highest BCUT2D eigenvalue weighted by atomic mass is 32.2. The number of hydrogen-bond acceptors (Lipinski definition) is 4. The maximum absolute atomic E-state index is 13.6. The van der Waals surface area contributed by atoms with E-state index >= 15 is 0 Å². The maximum atomic E-state index is 13.6. The van der Waals surface area contributed by atoms with Crippen LogP contribution >= 0.6 is 11.3 Å². The molecular weight excluding hydrogens is 366 g/mol. The molecule has 2 aromatic rings. The van der Waals surface area contributed by atoms with Crippen molar-refractivity contribution in [2.75, 3.05) is 26.2 Å². The lowest BCUT2D eigenvalue weighted by molar-refractivity contribution is 0.217. The number of hydrogen-bond donors (Lipinski definition) is 1. The minimum atomic E-state index is -4.19. The fraction of sp³-hybridized carbons (Fsp3) is 0.412. The van der Waals surface area contributed by atoms with Crippen molar-refractivity contribution < 1.29 is 17.2 Å². The van der Waals surface area contributed by atoms with Gasteiger partial charge in [-0.1, -0.05) is 12.1 Å². The molecule has 0 aliphatic carbocycles. The third-order valence-corrected chi connectivity index (χ3v) is 6.99. The van der Waals surface area contributed by atoms with Gasteiger partial charge in [-0.05, 0) is 55.4 Å². The predicted molar refractivity (Wildman–Crippen MR) is 94.3 cm³/mol. The highest BCUT2D eigenvalue weighted by Crippen LogP contribution is 2.30. The molecule has 136 valence electrons. The van der Waals surface area contributed by atoms with Gasteiger partial charge in [0.25, 0.3) is 0 Å². The van der Waals surface area contributed by atoms with E-state index in [0.717, 1.165) is 44.1 Å². The number of likely N-dealkylation sites (tertiary alicyclic amines) is 1. The largest absolute Gasteiger partial charge is 0.302 e. The average molecular weight is 386 g/mol. The van der Waals surface area contributed by atoms with Crippen molar-refractivity contribution >= 4 is 21.4 Å². The normalized spacial score (nSPS) is 17.0. The predicted octanol–water partition coefficient (Wildman–Crippen LogP) is 3.18. The summed E-state index contributed by atoms with van der Waals surface area (Å²) < 4.78 is 53.8. The second-order valence-electron chi connectivity index (χ2n) is 6.08. The highest BCUT2D eigenvalue weighted by molar-refractivity contribution is 7.89. The van der Waals surface area contributed by atoms with Gasteiger partial charge in [0.1, 0.15) is 11.6 Å². The van der Waals surface area contributed by atoms with Gasteiger partial charge < -0.3 is 4.90 Å². The molecule has 0 spiro atoms. The van der Waals surface area contributed by atoms with Gasteiger partial charge in [0.15, 0.2) is 4.90 Å². The van der Waals surface area contributed by atoms with Crippen molar-refractivity contribution in [2.24, 2.45) is 0 Å². The molecule has 0 saturated carbocycles. The van der Waals surface area contributed by atoms with Crippen molar-refractivity contribution in [3.8, 4) is 0 Å². The Balaban J connectivity index is 1.50. The van der Waals surface area contributed by atoms with Crippen LogP contribution in [0.2, 0.25) is 0 Å². The van der Waals surface area contributed by atoms with E-state index < -0.39 is 26.6 Å². The first kappa shape index (κ1) is 18.4. The van der Waals surface area contributed by atoms with Crippen molar-refractivity contribution in [1.29, 1.82) is 0 Å². The molecule has 8 heteroatoms. The van der Waals surface area contributed by atoms with Gasteiger partial charge in [-0.25, -0.2) is 21.9 Å². The topological polar surface area (TPSA) is 49.4 Å². The molecule has 1 saturated heterocycles. The number of sulfonamides is 1. The number of thiophene rings is 1. The summed E-state index contributed by atoms with van der Waals surface area (Å²) in [6, 6.07) is 7.23. The minimum absolute atomic E-state index is 0.125. The summed E-state index contributed by atoms with van der Waals surface area (Å²) in [5.41, 5.74) is 0. The van der Waals surface area contributed by atoms with Crippen LogP contribution in [-0.4, -0.2) is 39.5 Å². The Bertz CT molecular complexity index is 782. The maximum Gasteiger partial charge on any atom is 0.246 e. The second kappa shape index (κ2) is 7.90. The number of rotatable bonds is 6. The molecule has 3 rings (SSSR count). The van der Waals surface area contributed by atoms with Crippen LogP contribution in [0.1, 0.15) is 23.6 Å². The second-order valence-corrected chi connectivity index (χ2v) is 8.76. The zero-order chi connectivity index (χ0) is 17.9. The van der Waals surface area contributed by atoms with Crippen LogP contribution in [0, 0.1) is 11.6 Å². The standard InChI is InChI=1S/C17H20F2N2O2S2/c18-14-3-1-4-15(19)17(14)25(22,23)20-8-11-21-9-6-13(7-10-21)16-5-2-12-24-16/h1-5,12-13,20H,6-11H2. The highest BCUT2D eigenvalue weighted by Gasteiger charge is 2.25. The van der Waals surface area contributed by atoms with E-state index in [9.17, 15) is 17.2 Å². The van der Waals surface area contributed by atoms with E-state index in [-0.39, 0.29) is 6.54 Å². The quantitative estimate of drug-likeness (QED) is 0.830. The minimum Gasteiger partial charge on any atom is -0.302 e. The van der Waals surface area contributed by atoms with Gasteiger partial charge in [0.2, 0.25) is 10.0 Å². The Morgan fingerprint density at radius 3 is 2.40 bits per heavy atom. The van der Waals surface area contributed by atoms with E-state index in [2.05, 4.69) is 27.1 Å². The molecule has 0 unspecified atom stereocenters. The molecule has 0 atom stereocenters. The van der Waals surface area contributed by atoms with Crippen LogP contribution in [0.4, 0.5) is 8.78 Å². The van der Waals surface area contributed by atoms with Crippen molar-refractivity contribution in [1.82, 2.24) is 9.62 Å². The van der Waals surface area contributed by atoms with Gasteiger partial charge in [-0.2, -0.15) is 0 Å². The van der Waals surface area contributed by atoms with Gasteiger partial charge in [0, 0.05) is 18.0 Å². The molecule has 2 heterocycles. The van der Waals surface area contributed by atoms with Crippen LogP contribution < -0.4 is 4.72 Å². The summed E-state index contributed by atoms with van der Waals surface area (Å²) in [4.78, 5) is 2.66. The molecule has 0 radical (unpaired) electrons. The number of nitrogens with one attached hydrogen (secondary N) is 1. The first-order valence-electron chi connectivity index (χ1n) is 8.17. The molecule has 0 amide bonds. The smallest absolute Gasteiger partial charge is 0.246 e. The van der Waals surface area contributed by atoms with Crippen LogP contribution in [-0.2, 0) is 10.0 Å². The van der Waals surface area contributed by atoms with Crippen molar-refractivity contribution in [2.45, 2.75) is 23.7 Å². The Hall–Kier alpha value is -1.35. The lowest BCUT2D eigenvalue weighted by Crippen LogP contribution is -2.39. The molecule has 1 N–H and O–H groups in total. The van der Waals surface area contributed by atoms with Crippen LogP contribution in [0.25, 0.3) is 0 Å². The molecule has 1 fully saturated rings. The van der Waals surface area contributed by atoms with E-state index in [1.165, 1.54) is 4.88 Å². The fourth-order valence-corrected chi connectivity index (χ4v) is 5.17. The van der Waals surface area contributed by atoms with E-state index in [1.807, 2.05) is 0 Å². The molecule has 0 bridgehead atoms. The summed E-state index contributed by atoms with van der Waals surface area (Å²) in [6.07, 6.45) is 2.07. The van der Waals surface area contributed by atoms with Gasteiger partial charge in [-0.3, -0.25) is 0 Å². The number of halogens is 2. The first-order valence-corrected chi connectivity index (χ1v) is 10.5. The van der Waals surface area contributed by atoms with E-state index in [4.69, 9.17) is 0 Å². The molecule has 25 heavy (non-hydrogen) atoms. The summed E-state index contributed by atoms with van der Waals surface area (Å²) in [7, 11) is -4.19. The summed E-state index contributed by atoms with van der Waals surface area (Å²) >= 11 is 1.77. The molecule has 1 aromatic heterocycles. The zero-order valence-electron chi connectivity index (χ0n) is 13.6. The first-order chi connectivity index (χ1) is 12.0. The molecule has 1 aliphatic rings. The van der Waals surface area contributed by atoms with Gasteiger partial charge in [-0.15, -0.1) is 11.3 Å². The third-order valence-electron chi connectivity index (χ3n) is 4.44. The monoisotopic (exact) mass is 386 g/mol. The van der Waals surface area contributed by atoms with Crippen LogP contribution in [0.5, 0.6) is 0 Å². The van der Waals surface area contributed by atoms with Crippen LogP contribution in [0.15, 0.2) is 40.6 Å². The van der Waals surface area contributed by atoms with E-state index in [0.29, 0.717) is 12.5 Å². The molecule has 4 nitrogen and oxygen atoms in total. The zero-order valence-corrected chi connectivity index (χ0v) is 15.3. The Labute approximate surface area is 150 Å². The summed E-state index contributed by atoms with van der Waals surface area (Å²) in [5.74, 6) is -1.59. The van der Waals surface area contributed by atoms with E-state index in [1.54, 1.807) is 11.3 Å². The van der Waals surface area contributed by atoms with Crippen molar-refractivity contribution in [3.05, 3.63) is 52.2 Å². The van der Waals surface area contributed by atoms with Gasteiger partial charge >= 0.3 is 0 Å². The average Bonchev–Trinajstić information content (AvgIpc) is 3.09. The number of piperidine rings is 1. The summed E-state index contributed by atoms with van der Waals surface area (Å²) in [6.45, 7) is 2.42. The lowest BCUT2D eigenvalue weighted by atomic mass is 9.95. The molecule has 1 aromatic carbocycles. The lowest BCUT2D eigenvalue weighted by Gasteiger charge is -2.31. The fourth-order valence-electron chi connectivity index (χ4n) is 3.11. The third kappa shape index (κ3) is 4.44. The molecular formula is C17H20F2N2O2S2. The molecule has 1 aliphatic heterocycles. The summed E-state index contributed by atoms with van der Waals surface area (Å²) in [5, 5.41) is 2.08. The van der Waals surface area contributed by atoms with Crippen molar-refractivity contribution in [3.63, 3.8) is 0 Å². The SMILES string of the molecule is O=S(=O)(NCCN1CCC(c2cccs2)CC1)c1c(F)cccc1F. The van der Waals surface area contributed by atoms with Gasteiger partial charge in [0.05, 0.1) is 0 Å². The Kier molecular flexibility index (Phi) is 5.83. The number of nitrogens with zero attached hydrogens (tertiary/aromatic N) is 1. The number of benzene rings is 1. The Morgan fingerprint density at radius 2 is 1.80 bits per heavy atom.